The van der Waals surface area contributed by atoms with E-state index in [1.807, 2.05) is 67.5 Å². The molecule has 0 saturated heterocycles. The molecule has 0 aliphatic heterocycles. The Bertz CT molecular complexity index is 1010. The molecule has 1 amide bonds. The molecule has 2 aromatic carbocycles. The van der Waals surface area contributed by atoms with Crippen molar-refractivity contribution < 1.29 is 4.79 Å². The van der Waals surface area contributed by atoms with Crippen molar-refractivity contribution in [2.45, 2.75) is 14.4 Å². The molecule has 1 N–H and O–H groups in total. The lowest BCUT2D eigenvalue weighted by atomic mass is 10.2. The number of hydrazone groups is 1. The molecule has 0 aliphatic rings. The van der Waals surface area contributed by atoms with Gasteiger partial charge in [-0.15, -0.1) is 10.2 Å². The molecule has 0 fully saturated rings. The average Bonchev–Trinajstić information content (AvgIpc) is 3.20. The number of thioether (sulfide) groups is 2. The van der Waals surface area contributed by atoms with E-state index < -0.39 is 0 Å². The lowest BCUT2D eigenvalue weighted by molar-refractivity contribution is -0.118. The van der Waals surface area contributed by atoms with Crippen LogP contribution in [-0.2, 0) is 10.5 Å². The van der Waals surface area contributed by atoms with Crippen LogP contribution in [0.25, 0.3) is 0 Å². The third-order valence-electron chi connectivity index (χ3n) is 3.84. The Morgan fingerprint density at radius 2 is 1.83 bits per heavy atom. The molecule has 0 spiro atoms. The number of carbonyl (C=O) groups is 1. The number of carbonyl (C=O) groups excluding carboxylic acids is 1. The first-order chi connectivity index (χ1) is 14.5. The summed E-state index contributed by atoms with van der Waals surface area (Å²) in [5.41, 5.74) is 5.61. The van der Waals surface area contributed by atoms with Crippen LogP contribution in [-0.4, -0.2) is 42.2 Å². The molecular weight excluding hydrogens is 458 g/mol. The number of rotatable bonds is 9. The van der Waals surface area contributed by atoms with Crippen LogP contribution >= 0.6 is 46.5 Å². The summed E-state index contributed by atoms with van der Waals surface area (Å²) in [6.07, 6.45) is 1.62. The summed E-state index contributed by atoms with van der Waals surface area (Å²) in [5, 5.41) is 13.0. The Balaban J connectivity index is 1.41. The number of anilines is 1. The van der Waals surface area contributed by atoms with E-state index in [0.717, 1.165) is 36.3 Å². The van der Waals surface area contributed by atoms with Gasteiger partial charge < -0.3 is 4.90 Å². The summed E-state index contributed by atoms with van der Waals surface area (Å²) in [4.78, 5) is 14.0. The van der Waals surface area contributed by atoms with Crippen LogP contribution in [0.4, 0.5) is 5.69 Å². The fraction of sp³-hybridized carbons (Fsp3) is 0.200. The third kappa shape index (κ3) is 7.02. The molecule has 0 aliphatic carbocycles. The van der Waals surface area contributed by atoms with Gasteiger partial charge in [0.15, 0.2) is 8.68 Å². The van der Waals surface area contributed by atoms with Crippen molar-refractivity contribution in [1.29, 1.82) is 0 Å². The van der Waals surface area contributed by atoms with Crippen LogP contribution in [0.15, 0.2) is 62.3 Å². The molecule has 10 heteroatoms. The van der Waals surface area contributed by atoms with Gasteiger partial charge in [0.25, 0.3) is 5.91 Å². The number of nitrogens with one attached hydrogen (secondary N) is 1. The molecule has 3 rings (SSSR count). The van der Waals surface area contributed by atoms with Gasteiger partial charge in [-0.05, 0) is 29.3 Å². The second-order valence-corrected chi connectivity index (χ2v) is 10.1. The average molecular weight is 478 g/mol. The molecule has 0 saturated carbocycles. The first-order valence-electron chi connectivity index (χ1n) is 8.93. The molecule has 1 heterocycles. The van der Waals surface area contributed by atoms with Gasteiger partial charge >= 0.3 is 0 Å². The Labute approximate surface area is 193 Å². The first-order valence-corrected chi connectivity index (χ1v) is 12.1. The van der Waals surface area contributed by atoms with Crippen LogP contribution in [0.3, 0.4) is 0 Å². The van der Waals surface area contributed by atoms with Crippen molar-refractivity contribution in [1.82, 2.24) is 15.6 Å². The van der Waals surface area contributed by atoms with Crippen LogP contribution < -0.4 is 10.3 Å². The lowest BCUT2D eigenvalue weighted by Crippen LogP contribution is -2.19. The summed E-state index contributed by atoms with van der Waals surface area (Å²) in [5.74, 6) is 0.756. The van der Waals surface area contributed by atoms with Crippen molar-refractivity contribution >= 4 is 64.3 Å². The largest absolute Gasteiger partial charge is 0.378 e. The Morgan fingerprint density at radius 3 is 2.53 bits per heavy atom. The zero-order valence-electron chi connectivity index (χ0n) is 16.4. The van der Waals surface area contributed by atoms with Gasteiger partial charge in [0, 0.05) is 30.6 Å². The standard InChI is InChI=1S/C20H20ClN5OS3/c1-26(2)16-9-7-14(8-10-16)11-22-23-18(27)13-29-20-25-24-19(30-20)28-12-15-5-3-4-6-17(15)21/h3-11H,12-13H2,1-2H3,(H,23,27)/b22-11+. The minimum Gasteiger partial charge on any atom is -0.378 e. The third-order valence-corrected chi connectivity index (χ3v) is 7.44. The van der Waals surface area contributed by atoms with E-state index in [0.29, 0.717) is 0 Å². The van der Waals surface area contributed by atoms with Crippen molar-refractivity contribution in [3.05, 3.63) is 64.7 Å². The smallest absolute Gasteiger partial charge is 0.250 e. The second-order valence-electron chi connectivity index (χ2n) is 6.28. The van der Waals surface area contributed by atoms with Crippen molar-refractivity contribution in [2.75, 3.05) is 24.7 Å². The van der Waals surface area contributed by atoms with E-state index in [9.17, 15) is 4.79 Å². The van der Waals surface area contributed by atoms with Gasteiger partial charge in [0.2, 0.25) is 0 Å². The van der Waals surface area contributed by atoms with E-state index in [4.69, 9.17) is 11.6 Å². The monoisotopic (exact) mass is 477 g/mol. The van der Waals surface area contributed by atoms with Crippen LogP contribution in [0.2, 0.25) is 5.02 Å². The van der Waals surface area contributed by atoms with Gasteiger partial charge in [-0.2, -0.15) is 5.10 Å². The predicted octanol–water partition coefficient (Wildman–Crippen LogP) is 4.79. The molecule has 0 unspecified atom stereocenters. The lowest BCUT2D eigenvalue weighted by Gasteiger charge is -2.11. The van der Waals surface area contributed by atoms with Crippen molar-refractivity contribution in [3.63, 3.8) is 0 Å². The molecule has 0 atom stereocenters. The molecule has 3 aromatic rings. The molecule has 0 radical (unpaired) electrons. The number of aromatic nitrogens is 2. The summed E-state index contributed by atoms with van der Waals surface area (Å²) in [7, 11) is 3.97. The highest BCUT2D eigenvalue weighted by Gasteiger charge is 2.09. The van der Waals surface area contributed by atoms with Gasteiger partial charge in [0.1, 0.15) is 0 Å². The summed E-state index contributed by atoms with van der Waals surface area (Å²) in [6.45, 7) is 0. The quantitative estimate of drug-likeness (QED) is 0.271. The molecule has 0 bridgehead atoms. The van der Waals surface area contributed by atoms with Gasteiger partial charge in [-0.3, -0.25) is 4.79 Å². The van der Waals surface area contributed by atoms with E-state index in [-0.39, 0.29) is 11.7 Å². The number of hydrogen-bond acceptors (Lipinski definition) is 8. The minimum atomic E-state index is -0.193. The van der Waals surface area contributed by atoms with Gasteiger partial charge in [-0.25, -0.2) is 5.43 Å². The van der Waals surface area contributed by atoms with Crippen LogP contribution in [0.1, 0.15) is 11.1 Å². The molecule has 30 heavy (non-hydrogen) atoms. The van der Waals surface area contributed by atoms with Gasteiger partial charge in [-0.1, -0.05) is 76.8 Å². The van der Waals surface area contributed by atoms with Crippen molar-refractivity contribution in [3.8, 4) is 0 Å². The van der Waals surface area contributed by atoms with E-state index in [1.165, 1.54) is 23.1 Å². The highest BCUT2D eigenvalue weighted by Crippen LogP contribution is 2.32. The zero-order chi connectivity index (χ0) is 21.3. The van der Waals surface area contributed by atoms with E-state index in [1.54, 1.807) is 18.0 Å². The Kier molecular flexibility index (Phi) is 8.56. The van der Waals surface area contributed by atoms with Gasteiger partial charge in [0.05, 0.1) is 12.0 Å². The Morgan fingerprint density at radius 1 is 1.13 bits per heavy atom. The maximum Gasteiger partial charge on any atom is 0.250 e. The van der Waals surface area contributed by atoms with Crippen LogP contribution in [0.5, 0.6) is 0 Å². The molecule has 156 valence electrons. The number of amides is 1. The summed E-state index contributed by atoms with van der Waals surface area (Å²) in [6, 6.07) is 15.6. The van der Waals surface area contributed by atoms with Crippen LogP contribution in [0, 0.1) is 0 Å². The second kappa shape index (κ2) is 11.4. The SMILES string of the molecule is CN(C)c1ccc(/C=N/NC(=O)CSc2nnc(SCc3ccccc3Cl)s2)cc1. The fourth-order valence-corrected chi connectivity index (χ4v) is 5.36. The number of nitrogens with zero attached hydrogens (tertiary/aromatic N) is 4. The maximum atomic E-state index is 12.0. The highest BCUT2D eigenvalue weighted by atomic mass is 35.5. The normalized spacial score (nSPS) is 11.0. The predicted molar refractivity (Wildman–Crippen MR) is 128 cm³/mol. The Hall–Kier alpha value is -2.07. The molecule has 6 nitrogen and oxygen atoms in total. The minimum absolute atomic E-state index is 0.193. The summed E-state index contributed by atoms with van der Waals surface area (Å²) >= 11 is 10.6. The highest BCUT2D eigenvalue weighted by molar-refractivity contribution is 8.03. The molecular formula is C20H20ClN5OS3. The van der Waals surface area contributed by atoms with E-state index in [2.05, 4.69) is 20.7 Å². The fourth-order valence-electron chi connectivity index (χ4n) is 2.27. The zero-order valence-corrected chi connectivity index (χ0v) is 19.6. The number of halogens is 1. The topological polar surface area (TPSA) is 70.5 Å². The first kappa shape index (κ1) is 22.6. The molecule has 1 aromatic heterocycles. The number of hydrogen-bond donors (Lipinski definition) is 1. The van der Waals surface area contributed by atoms with Crippen molar-refractivity contribution in [2.24, 2.45) is 5.10 Å². The van der Waals surface area contributed by atoms with E-state index >= 15 is 0 Å². The number of benzene rings is 2. The summed E-state index contributed by atoms with van der Waals surface area (Å²) < 4.78 is 1.59. The maximum absolute atomic E-state index is 12.0.